The molecule has 0 amide bonds. The Labute approximate surface area is 302 Å². The van der Waals surface area contributed by atoms with Crippen molar-refractivity contribution in [2.24, 2.45) is 5.92 Å². The number of nitrogens with two attached hydrogens (primary N) is 2. The third-order valence-electron chi connectivity index (χ3n) is 8.21. The molecule has 298 valence electrons. The lowest BCUT2D eigenvalue weighted by atomic mass is 10.0. The van der Waals surface area contributed by atoms with Crippen LogP contribution in [0.5, 0.6) is 0 Å². The number of aliphatic hydroxyl groups is 1. The van der Waals surface area contributed by atoms with E-state index in [9.17, 15) is 53.4 Å². The fraction of sp³-hybridized carbons (Fsp3) is 0.577. The van der Waals surface area contributed by atoms with Gasteiger partial charge < -0.3 is 69.5 Å². The van der Waals surface area contributed by atoms with Crippen LogP contribution in [0.1, 0.15) is 31.7 Å². The van der Waals surface area contributed by atoms with Crippen LogP contribution >= 0.6 is 15.6 Å². The van der Waals surface area contributed by atoms with Crippen molar-refractivity contribution >= 4 is 50.4 Å². The highest BCUT2D eigenvalue weighted by molar-refractivity contribution is 7.51. The number of aromatic nitrogens is 6. The highest BCUT2D eigenvalue weighted by Crippen LogP contribution is 2.50. The first kappa shape index (κ1) is 41.0. The quantitative estimate of drug-likeness (QED) is 0.0453. The van der Waals surface area contributed by atoms with Gasteiger partial charge in [-0.3, -0.25) is 28.0 Å². The monoisotopic (exact) mass is 805 g/mol. The normalized spacial score (nSPS) is 25.7. The van der Waals surface area contributed by atoms with Crippen LogP contribution in [0, 0.1) is 5.92 Å². The third kappa shape index (κ3) is 9.55. The van der Waals surface area contributed by atoms with Gasteiger partial charge in [0.25, 0.3) is 5.56 Å². The molecule has 8 atom stereocenters. The number of imidazole rings is 1. The average molecular weight is 806 g/mol. The second kappa shape index (κ2) is 16.7. The maximum Gasteiger partial charge on any atom is 0.406 e. The molecular weight excluding hydrogens is 772 g/mol. The van der Waals surface area contributed by atoms with Gasteiger partial charge in [0.2, 0.25) is 5.95 Å². The van der Waals surface area contributed by atoms with Crippen LogP contribution < -0.4 is 47.8 Å². The van der Waals surface area contributed by atoms with E-state index in [0.717, 1.165) is 18.0 Å². The van der Waals surface area contributed by atoms with Crippen molar-refractivity contribution in [3.05, 3.63) is 39.4 Å². The molecular formula is C26H33N9O17P2-4. The van der Waals surface area contributed by atoms with Gasteiger partial charge in [-0.2, -0.15) is 9.97 Å². The van der Waals surface area contributed by atoms with Gasteiger partial charge in [0.15, 0.2) is 23.6 Å². The summed E-state index contributed by atoms with van der Waals surface area (Å²) in [6.07, 6.45) is -8.30. The van der Waals surface area contributed by atoms with E-state index in [1.54, 1.807) is 0 Å². The van der Waals surface area contributed by atoms with E-state index in [0.29, 0.717) is 0 Å². The third-order valence-corrected chi connectivity index (χ3v) is 10.3. The first-order valence-corrected chi connectivity index (χ1v) is 18.7. The Hall–Kier alpha value is -4.17. The Balaban J connectivity index is 1.42. The van der Waals surface area contributed by atoms with Crippen LogP contribution in [-0.2, 0) is 46.5 Å². The summed E-state index contributed by atoms with van der Waals surface area (Å²) >= 11 is 0. The smallest absolute Gasteiger partial charge is 0.406 e. The molecule has 0 spiro atoms. The molecule has 2 aliphatic heterocycles. The van der Waals surface area contributed by atoms with E-state index < -0.39 is 114 Å². The SMILES string of the molecule is CO[C@@H]1[C@H](O[P@@](=O)(NCCCC(C(=O)[O-])C(=O)[O-])OC[C@@H]2C[C@@H](O)[C@H](n3ccc(N)nc3=O)O2)[C@@H](COP(=O)([O-])[O-])O[C@H]1n1cnc2c(=O)[nH]c(N)nc21. The van der Waals surface area contributed by atoms with Crippen molar-refractivity contribution in [2.45, 2.75) is 62.2 Å². The average Bonchev–Trinajstić information content (AvgIpc) is 3.76. The number of nitrogens with zero attached hydrogens (tertiary/aromatic N) is 5. The lowest BCUT2D eigenvalue weighted by Crippen LogP contribution is -2.43. The summed E-state index contributed by atoms with van der Waals surface area (Å²) in [5, 5.41) is 35.5. The van der Waals surface area contributed by atoms with Crippen LogP contribution in [0.2, 0.25) is 0 Å². The molecule has 0 radical (unpaired) electrons. The summed E-state index contributed by atoms with van der Waals surface area (Å²) in [4.78, 5) is 84.0. The van der Waals surface area contributed by atoms with Crippen molar-refractivity contribution in [3.63, 3.8) is 0 Å². The Morgan fingerprint density at radius 2 is 1.81 bits per heavy atom. The van der Waals surface area contributed by atoms with Crippen molar-refractivity contribution in [1.82, 2.24) is 34.2 Å². The molecule has 26 nitrogen and oxygen atoms in total. The van der Waals surface area contributed by atoms with Crippen molar-refractivity contribution in [1.29, 1.82) is 0 Å². The summed E-state index contributed by atoms with van der Waals surface area (Å²) in [6, 6.07) is 1.29. The number of ether oxygens (including phenoxy) is 3. The maximum atomic E-state index is 14.4. The van der Waals surface area contributed by atoms with E-state index in [4.69, 9.17) is 34.7 Å². The van der Waals surface area contributed by atoms with Gasteiger partial charge in [0.05, 0.1) is 45.4 Å². The van der Waals surface area contributed by atoms with E-state index in [1.165, 1.54) is 16.8 Å². The number of carboxylic acids is 2. The van der Waals surface area contributed by atoms with Gasteiger partial charge in [-0.15, -0.1) is 0 Å². The number of phosphoric acid groups is 1. The molecule has 7 N–H and O–H groups in total. The maximum absolute atomic E-state index is 14.4. The number of H-pyrrole nitrogens is 1. The number of carbonyl (C=O) groups excluding carboxylic acids is 2. The Kier molecular flexibility index (Phi) is 12.7. The lowest BCUT2D eigenvalue weighted by Gasteiger charge is -2.32. The second-order valence-corrected chi connectivity index (χ2v) is 14.8. The van der Waals surface area contributed by atoms with Gasteiger partial charge in [-0.05, 0) is 18.9 Å². The molecule has 0 aliphatic carbocycles. The summed E-state index contributed by atoms with van der Waals surface area (Å²) in [5.41, 5.74) is 9.34. The Bertz CT molecular complexity index is 2040. The van der Waals surface area contributed by atoms with Crippen molar-refractivity contribution in [3.8, 4) is 0 Å². The number of carboxylic acid groups (broad SMARTS) is 2. The highest BCUT2D eigenvalue weighted by atomic mass is 31.2. The number of methoxy groups -OCH3 is 1. The number of hydrogen-bond donors (Lipinski definition) is 5. The van der Waals surface area contributed by atoms with Crippen LogP contribution in [0.4, 0.5) is 11.8 Å². The highest BCUT2D eigenvalue weighted by Gasteiger charge is 2.51. The molecule has 0 aromatic carbocycles. The predicted molar refractivity (Wildman–Crippen MR) is 167 cm³/mol. The standard InChI is InChI=1S/C26H37N9O17P2/c1-47-18-17(14(9-49-54(44,45)46)51-22(18)35-10-29-16-19(35)32-25(28)33-20(16)37)52-53(43,30-5-2-3-12(23(38)39)24(40)41)48-8-11-7-13(36)21(50-11)34-6-4-15(27)31-26(34)42/h4,6,10-14,17-18,21-22,36H,2-3,5,7-9H2,1H3,(H,30,43)(H,38,39)(H,40,41)(H2,27,31,42)(H2,44,45,46)(H3,28,32,33,37)/p-4/t11-,13+,14+,17+,18+,21+,22+,53+/m0/s1. The number of fused-ring (bicyclic) bond motifs is 1. The number of aliphatic carboxylic acids is 2. The molecule has 0 saturated carbocycles. The fourth-order valence-electron chi connectivity index (χ4n) is 5.75. The second-order valence-electron chi connectivity index (χ2n) is 11.9. The van der Waals surface area contributed by atoms with Crippen LogP contribution in [0.3, 0.4) is 0 Å². The number of rotatable bonds is 18. The van der Waals surface area contributed by atoms with Crippen molar-refractivity contribution < 1.29 is 71.6 Å². The molecule has 2 aliphatic rings. The fourth-order valence-corrected chi connectivity index (χ4v) is 7.68. The van der Waals surface area contributed by atoms with Crippen LogP contribution in [0.15, 0.2) is 28.2 Å². The first-order chi connectivity index (χ1) is 25.4. The molecule has 3 aromatic rings. The van der Waals surface area contributed by atoms with Gasteiger partial charge in [0, 0.05) is 32.2 Å². The number of carbonyl (C=O) groups is 2. The van der Waals surface area contributed by atoms with Crippen molar-refractivity contribution in [2.75, 3.05) is 38.3 Å². The van der Waals surface area contributed by atoms with Crippen LogP contribution in [-0.4, -0.2) is 104 Å². The molecule has 0 unspecified atom stereocenters. The molecule has 54 heavy (non-hydrogen) atoms. The van der Waals surface area contributed by atoms with Gasteiger partial charge in [-0.25, -0.2) is 19.4 Å². The number of anilines is 2. The zero-order valence-electron chi connectivity index (χ0n) is 27.9. The number of aliphatic hydroxyl groups excluding tert-OH is 1. The summed E-state index contributed by atoms with van der Waals surface area (Å²) in [6.45, 7) is -2.06. The van der Waals surface area contributed by atoms with E-state index >= 15 is 0 Å². The summed E-state index contributed by atoms with van der Waals surface area (Å²) in [7, 11) is -9.25. The molecule has 2 fully saturated rings. The summed E-state index contributed by atoms with van der Waals surface area (Å²) in [5.74, 6) is -6.27. The molecule has 3 aromatic heterocycles. The molecule has 5 heterocycles. The van der Waals surface area contributed by atoms with E-state index in [2.05, 4.69) is 29.5 Å². The largest absolute Gasteiger partial charge is 0.790 e. The van der Waals surface area contributed by atoms with E-state index in [-0.39, 0.29) is 35.8 Å². The minimum Gasteiger partial charge on any atom is -0.790 e. The van der Waals surface area contributed by atoms with Crippen LogP contribution in [0.25, 0.3) is 11.2 Å². The molecule has 2 saturated heterocycles. The molecule has 5 rings (SSSR count). The van der Waals surface area contributed by atoms with Gasteiger partial charge >= 0.3 is 13.4 Å². The van der Waals surface area contributed by atoms with E-state index in [1.807, 2.05) is 0 Å². The molecule has 0 bridgehead atoms. The number of hydrogen-bond acceptors (Lipinski definition) is 22. The number of aromatic amines is 1. The number of nitrogens with one attached hydrogen (secondary N) is 2. The van der Waals surface area contributed by atoms with Gasteiger partial charge in [-0.1, -0.05) is 0 Å². The number of phosphoric ester groups is 1. The topological polar surface area (TPSA) is 399 Å². The molecule has 28 heteroatoms. The Morgan fingerprint density at radius 1 is 1.09 bits per heavy atom. The number of nitrogen functional groups attached to an aromatic ring is 2. The minimum absolute atomic E-state index is 0.0851. The summed E-state index contributed by atoms with van der Waals surface area (Å²) < 4.78 is 61.3. The minimum atomic E-state index is -5.64. The zero-order chi connectivity index (χ0) is 39.5. The van der Waals surface area contributed by atoms with Gasteiger partial charge in [0.1, 0.15) is 30.2 Å². The predicted octanol–water partition coefficient (Wildman–Crippen LogP) is -6.06. The zero-order valence-corrected chi connectivity index (χ0v) is 29.6. The Morgan fingerprint density at radius 3 is 2.46 bits per heavy atom. The lowest BCUT2D eigenvalue weighted by molar-refractivity contribution is -0.343. The first-order valence-electron chi connectivity index (χ1n) is 15.7.